The average Bonchev–Trinajstić information content (AvgIpc) is 3.05. The minimum Gasteiger partial charge on any atom is -0.507 e. The van der Waals surface area contributed by atoms with Crippen LogP contribution in [0.3, 0.4) is 0 Å². The van der Waals surface area contributed by atoms with Crippen molar-refractivity contribution in [1.82, 2.24) is 9.97 Å². The summed E-state index contributed by atoms with van der Waals surface area (Å²) in [6, 6.07) is 14.3. The average molecular weight is 318 g/mol. The Morgan fingerprint density at radius 3 is 2.58 bits per heavy atom. The zero-order valence-electron chi connectivity index (χ0n) is 13.0. The third kappa shape index (κ3) is 2.33. The second kappa shape index (κ2) is 5.49. The highest BCUT2D eigenvalue weighted by Gasteiger charge is 2.13. The number of aromatic nitrogens is 2. The van der Waals surface area contributed by atoms with E-state index in [4.69, 9.17) is 0 Å². The minimum absolute atomic E-state index is 0.123. The number of aromatic hydroxyl groups is 1. The molecule has 0 bridgehead atoms. The van der Waals surface area contributed by atoms with E-state index in [0.29, 0.717) is 22.3 Å². The third-order valence-corrected chi connectivity index (χ3v) is 4.23. The summed E-state index contributed by atoms with van der Waals surface area (Å²) < 4.78 is 13.9. The van der Waals surface area contributed by atoms with Crippen molar-refractivity contribution in [2.24, 2.45) is 0 Å². The molecule has 0 fully saturated rings. The smallest absolute Gasteiger partial charge is 0.137 e. The summed E-state index contributed by atoms with van der Waals surface area (Å²) >= 11 is 0. The summed E-state index contributed by atoms with van der Waals surface area (Å²) in [5.74, 6) is -0.162. The number of H-pyrrole nitrogens is 1. The number of pyridine rings is 1. The molecular formula is C20H15FN2O. The van der Waals surface area contributed by atoms with Crippen LogP contribution >= 0.6 is 0 Å². The van der Waals surface area contributed by atoms with Gasteiger partial charge in [0, 0.05) is 34.5 Å². The van der Waals surface area contributed by atoms with Crippen molar-refractivity contribution in [3.8, 4) is 28.0 Å². The number of para-hydroxylation sites is 1. The highest BCUT2D eigenvalue weighted by Crippen LogP contribution is 2.38. The van der Waals surface area contributed by atoms with Crippen molar-refractivity contribution >= 4 is 11.0 Å². The van der Waals surface area contributed by atoms with Gasteiger partial charge in [0.05, 0.1) is 0 Å². The van der Waals surface area contributed by atoms with Crippen molar-refractivity contribution < 1.29 is 9.50 Å². The van der Waals surface area contributed by atoms with E-state index in [0.717, 1.165) is 16.6 Å². The molecule has 4 aromatic rings. The summed E-state index contributed by atoms with van der Waals surface area (Å²) in [6.45, 7) is 1.72. The molecule has 0 saturated heterocycles. The summed E-state index contributed by atoms with van der Waals surface area (Å²) in [6.07, 6.45) is 3.54. The summed E-state index contributed by atoms with van der Waals surface area (Å²) in [5.41, 5.74) is 4.11. The lowest BCUT2D eigenvalue weighted by Crippen LogP contribution is -1.88. The van der Waals surface area contributed by atoms with Crippen molar-refractivity contribution in [2.75, 3.05) is 0 Å². The first-order chi connectivity index (χ1) is 11.6. The zero-order valence-corrected chi connectivity index (χ0v) is 13.0. The molecule has 4 rings (SSSR count). The fraction of sp³-hybridized carbons (Fsp3) is 0.0500. The Morgan fingerprint density at radius 2 is 1.79 bits per heavy atom. The Kier molecular flexibility index (Phi) is 3.31. The molecule has 0 saturated carbocycles. The Morgan fingerprint density at radius 1 is 1.00 bits per heavy atom. The first-order valence-electron chi connectivity index (χ1n) is 7.65. The van der Waals surface area contributed by atoms with Gasteiger partial charge in [0.25, 0.3) is 0 Å². The molecule has 2 heterocycles. The molecule has 118 valence electrons. The van der Waals surface area contributed by atoms with Crippen LogP contribution in [0.15, 0.2) is 60.9 Å². The van der Waals surface area contributed by atoms with E-state index in [2.05, 4.69) is 9.97 Å². The predicted molar refractivity (Wildman–Crippen MR) is 93.3 cm³/mol. The fourth-order valence-electron chi connectivity index (χ4n) is 2.86. The van der Waals surface area contributed by atoms with Crippen LogP contribution in [0.5, 0.6) is 5.75 Å². The molecule has 0 radical (unpaired) electrons. The number of phenols is 1. The number of rotatable bonds is 2. The van der Waals surface area contributed by atoms with Gasteiger partial charge in [-0.25, -0.2) is 9.37 Å². The Bertz CT molecular complexity index is 1050. The maximum absolute atomic E-state index is 13.9. The van der Waals surface area contributed by atoms with E-state index in [1.807, 2.05) is 36.5 Å². The molecule has 0 unspecified atom stereocenters. The molecule has 0 atom stereocenters. The molecule has 3 nitrogen and oxygen atoms in total. The Hall–Kier alpha value is -3.14. The maximum atomic E-state index is 13.9. The highest BCUT2D eigenvalue weighted by atomic mass is 19.1. The SMILES string of the molecule is Cc1ccc(-c2cccc(-c3cnc4[nH]ccc4c3)c2O)cc1F. The number of aryl methyl sites for hydroxylation is 1. The van der Waals surface area contributed by atoms with Crippen LogP contribution < -0.4 is 0 Å². The number of benzene rings is 2. The third-order valence-electron chi connectivity index (χ3n) is 4.23. The summed E-state index contributed by atoms with van der Waals surface area (Å²) in [5, 5.41) is 11.7. The van der Waals surface area contributed by atoms with Gasteiger partial charge in [-0.05, 0) is 36.2 Å². The largest absolute Gasteiger partial charge is 0.507 e. The first kappa shape index (κ1) is 14.5. The number of nitrogens with zero attached hydrogens (tertiary/aromatic N) is 1. The highest BCUT2D eigenvalue weighted by molar-refractivity contribution is 5.86. The molecule has 0 aliphatic rings. The van der Waals surface area contributed by atoms with Crippen molar-refractivity contribution in [1.29, 1.82) is 0 Å². The summed E-state index contributed by atoms with van der Waals surface area (Å²) in [4.78, 5) is 7.41. The molecule has 2 N–H and O–H groups in total. The lowest BCUT2D eigenvalue weighted by atomic mass is 9.97. The number of fused-ring (bicyclic) bond motifs is 1. The molecule has 2 aromatic carbocycles. The lowest BCUT2D eigenvalue weighted by Gasteiger charge is -2.11. The van der Waals surface area contributed by atoms with Crippen LogP contribution in [0.25, 0.3) is 33.3 Å². The van der Waals surface area contributed by atoms with Gasteiger partial charge < -0.3 is 10.1 Å². The van der Waals surface area contributed by atoms with Crippen molar-refractivity contribution in [3.05, 3.63) is 72.3 Å². The summed E-state index contributed by atoms with van der Waals surface area (Å²) in [7, 11) is 0. The first-order valence-corrected chi connectivity index (χ1v) is 7.65. The molecular weight excluding hydrogens is 303 g/mol. The van der Waals surface area contributed by atoms with Crippen LogP contribution in [-0.4, -0.2) is 15.1 Å². The van der Waals surface area contributed by atoms with E-state index in [1.54, 1.807) is 25.3 Å². The monoisotopic (exact) mass is 318 g/mol. The number of phenolic OH excluding ortho intramolecular Hbond substituents is 1. The van der Waals surface area contributed by atoms with Crippen LogP contribution in [0, 0.1) is 12.7 Å². The van der Waals surface area contributed by atoms with Crippen molar-refractivity contribution in [2.45, 2.75) is 6.92 Å². The standard InChI is InChI=1S/C20H15FN2O/c1-12-5-6-13(10-18(12)21)16-3-2-4-17(19(16)24)15-9-14-7-8-22-20(14)23-11-15/h2-11,24H,1H3,(H,22,23). The zero-order chi connectivity index (χ0) is 16.7. The number of nitrogens with one attached hydrogen (secondary N) is 1. The van der Waals surface area contributed by atoms with Crippen LogP contribution in [0.4, 0.5) is 4.39 Å². The van der Waals surface area contributed by atoms with E-state index < -0.39 is 0 Å². The van der Waals surface area contributed by atoms with E-state index >= 15 is 0 Å². The number of hydrogen-bond donors (Lipinski definition) is 2. The van der Waals surface area contributed by atoms with Gasteiger partial charge in [0.1, 0.15) is 17.2 Å². The topological polar surface area (TPSA) is 48.9 Å². The van der Waals surface area contributed by atoms with Gasteiger partial charge in [0.15, 0.2) is 0 Å². The second-order valence-corrected chi connectivity index (χ2v) is 5.81. The lowest BCUT2D eigenvalue weighted by molar-refractivity contribution is 0.479. The van der Waals surface area contributed by atoms with E-state index in [9.17, 15) is 9.50 Å². The van der Waals surface area contributed by atoms with E-state index in [1.165, 1.54) is 6.07 Å². The fourth-order valence-corrected chi connectivity index (χ4v) is 2.86. The molecule has 0 aliphatic heterocycles. The van der Waals surface area contributed by atoms with Gasteiger partial charge >= 0.3 is 0 Å². The van der Waals surface area contributed by atoms with Gasteiger partial charge in [0.2, 0.25) is 0 Å². The van der Waals surface area contributed by atoms with Crippen molar-refractivity contribution in [3.63, 3.8) is 0 Å². The Balaban J connectivity index is 1.87. The van der Waals surface area contributed by atoms with Gasteiger partial charge in [-0.1, -0.05) is 30.3 Å². The van der Waals surface area contributed by atoms with E-state index in [-0.39, 0.29) is 11.6 Å². The van der Waals surface area contributed by atoms with Gasteiger partial charge in [-0.3, -0.25) is 0 Å². The van der Waals surface area contributed by atoms with Crippen LogP contribution in [-0.2, 0) is 0 Å². The quantitative estimate of drug-likeness (QED) is 0.543. The number of hydrogen-bond acceptors (Lipinski definition) is 2. The van der Waals surface area contributed by atoms with Crippen LogP contribution in [0.2, 0.25) is 0 Å². The minimum atomic E-state index is -0.285. The molecule has 2 aromatic heterocycles. The molecule has 0 aliphatic carbocycles. The molecule has 0 spiro atoms. The predicted octanol–water partition coefficient (Wildman–Crippen LogP) is 5.05. The normalized spacial score (nSPS) is 11.1. The molecule has 24 heavy (non-hydrogen) atoms. The Labute approximate surface area is 138 Å². The van der Waals surface area contributed by atoms with Gasteiger partial charge in [-0.2, -0.15) is 0 Å². The second-order valence-electron chi connectivity index (χ2n) is 5.81. The molecule has 4 heteroatoms. The van der Waals surface area contributed by atoms with Crippen LogP contribution in [0.1, 0.15) is 5.56 Å². The molecule has 0 amide bonds. The number of halogens is 1. The maximum Gasteiger partial charge on any atom is 0.137 e. The van der Waals surface area contributed by atoms with Gasteiger partial charge in [-0.15, -0.1) is 0 Å². The number of aromatic amines is 1.